The lowest BCUT2D eigenvalue weighted by atomic mass is 9.94. The second-order valence-electron chi connectivity index (χ2n) is 3.83. The van der Waals surface area contributed by atoms with Crippen molar-refractivity contribution in [1.82, 2.24) is 4.98 Å². The van der Waals surface area contributed by atoms with Gasteiger partial charge < -0.3 is 9.84 Å². The van der Waals surface area contributed by atoms with E-state index in [2.05, 4.69) is 11.9 Å². The summed E-state index contributed by atoms with van der Waals surface area (Å²) in [5.74, 6) is 0.902. The van der Waals surface area contributed by atoms with Crippen LogP contribution in [0.25, 0.3) is 0 Å². The Morgan fingerprint density at radius 1 is 1.53 bits per heavy atom. The third-order valence-electron chi connectivity index (χ3n) is 2.64. The molecule has 1 rings (SSSR count). The highest BCUT2D eigenvalue weighted by Gasteiger charge is 2.19. The van der Waals surface area contributed by atoms with E-state index >= 15 is 0 Å². The summed E-state index contributed by atoms with van der Waals surface area (Å²) in [6.07, 6.45) is 4.93. The topological polar surface area (TPSA) is 42.4 Å². The van der Waals surface area contributed by atoms with E-state index in [-0.39, 0.29) is 5.92 Å². The molecule has 0 aliphatic rings. The molecule has 0 fully saturated rings. The first-order chi connectivity index (χ1) is 7.20. The Labute approximate surface area is 91.1 Å². The van der Waals surface area contributed by atoms with Crippen molar-refractivity contribution in [1.29, 1.82) is 0 Å². The Morgan fingerprint density at radius 2 is 2.27 bits per heavy atom. The first-order valence-corrected chi connectivity index (χ1v) is 5.36. The van der Waals surface area contributed by atoms with Crippen LogP contribution in [0.15, 0.2) is 18.5 Å². The molecule has 0 aliphatic carbocycles. The summed E-state index contributed by atoms with van der Waals surface area (Å²) in [7, 11) is 1.59. The van der Waals surface area contributed by atoms with Crippen LogP contribution in [0.4, 0.5) is 0 Å². The lowest BCUT2D eigenvalue weighted by molar-refractivity contribution is 0.109. The molecule has 1 aromatic rings. The standard InChI is InChI=1S/C12H19NO2/c1-4-5-9(2)12(14)10-6-7-13-8-11(10)15-3/h6-9,12,14H,4-5H2,1-3H3. The molecule has 3 nitrogen and oxygen atoms in total. The summed E-state index contributed by atoms with van der Waals surface area (Å²) in [4.78, 5) is 3.97. The average molecular weight is 209 g/mol. The average Bonchev–Trinajstić information content (AvgIpc) is 2.28. The van der Waals surface area contributed by atoms with Crippen molar-refractivity contribution in [3.05, 3.63) is 24.0 Å². The molecule has 15 heavy (non-hydrogen) atoms. The smallest absolute Gasteiger partial charge is 0.142 e. The van der Waals surface area contributed by atoms with Crippen LogP contribution in [-0.2, 0) is 0 Å². The van der Waals surface area contributed by atoms with Crippen LogP contribution < -0.4 is 4.74 Å². The highest BCUT2D eigenvalue weighted by molar-refractivity contribution is 5.31. The Morgan fingerprint density at radius 3 is 2.87 bits per heavy atom. The molecule has 3 heteroatoms. The van der Waals surface area contributed by atoms with Crippen molar-refractivity contribution in [2.24, 2.45) is 5.92 Å². The van der Waals surface area contributed by atoms with Gasteiger partial charge in [0.25, 0.3) is 0 Å². The van der Waals surface area contributed by atoms with Gasteiger partial charge in [-0.25, -0.2) is 0 Å². The van der Waals surface area contributed by atoms with Crippen molar-refractivity contribution in [3.63, 3.8) is 0 Å². The van der Waals surface area contributed by atoms with E-state index in [0.29, 0.717) is 5.75 Å². The number of pyridine rings is 1. The van der Waals surface area contributed by atoms with Gasteiger partial charge in [-0.2, -0.15) is 0 Å². The van der Waals surface area contributed by atoms with E-state index in [1.54, 1.807) is 19.5 Å². The van der Waals surface area contributed by atoms with Crippen LogP contribution in [0.1, 0.15) is 38.4 Å². The van der Waals surface area contributed by atoms with Crippen molar-refractivity contribution in [2.75, 3.05) is 7.11 Å². The Balaban J connectivity index is 2.84. The minimum atomic E-state index is -0.470. The van der Waals surface area contributed by atoms with Crippen LogP contribution in [-0.4, -0.2) is 17.2 Å². The molecule has 0 saturated carbocycles. The van der Waals surface area contributed by atoms with E-state index < -0.39 is 6.10 Å². The van der Waals surface area contributed by atoms with Gasteiger partial charge in [0, 0.05) is 11.8 Å². The summed E-state index contributed by atoms with van der Waals surface area (Å²) in [6.45, 7) is 4.17. The van der Waals surface area contributed by atoms with Gasteiger partial charge in [0.05, 0.1) is 19.4 Å². The predicted octanol–water partition coefficient (Wildman–Crippen LogP) is 2.56. The number of aliphatic hydroxyl groups excluding tert-OH is 1. The van der Waals surface area contributed by atoms with Gasteiger partial charge in [0.15, 0.2) is 0 Å². The van der Waals surface area contributed by atoms with E-state index in [9.17, 15) is 5.11 Å². The van der Waals surface area contributed by atoms with Crippen molar-refractivity contribution < 1.29 is 9.84 Å². The fourth-order valence-corrected chi connectivity index (χ4v) is 1.73. The van der Waals surface area contributed by atoms with Crippen LogP contribution in [0, 0.1) is 5.92 Å². The summed E-state index contributed by atoms with van der Waals surface area (Å²) >= 11 is 0. The number of ether oxygens (including phenoxy) is 1. The van der Waals surface area contributed by atoms with Gasteiger partial charge in [0.2, 0.25) is 0 Å². The Bertz CT molecular complexity index is 301. The maximum Gasteiger partial charge on any atom is 0.142 e. The minimum absolute atomic E-state index is 0.242. The lowest BCUT2D eigenvalue weighted by Gasteiger charge is -2.20. The molecule has 0 saturated heterocycles. The zero-order valence-electron chi connectivity index (χ0n) is 9.60. The van der Waals surface area contributed by atoms with Crippen molar-refractivity contribution >= 4 is 0 Å². The maximum atomic E-state index is 10.1. The van der Waals surface area contributed by atoms with Gasteiger partial charge >= 0.3 is 0 Å². The number of hydrogen-bond acceptors (Lipinski definition) is 3. The second-order valence-corrected chi connectivity index (χ2v) is 3.83. The van der Waals surface area contributed by atoms with Crippen LogP contribution >= 0.6 is 0 Å². The predicted molar refractivity (Wildman–Crippen MR) is 59.8 cm³/mol. The third kappa shape index (κ3) is 2.93. The first kappa shape index (κ1) is 12.0. The highest BCUT2D eigenvalue weighted by Crippen LogP contribution is 2.30. The zero-order valence-corrected chi connectivity index (χ0v) is 9.60. The molecule has 0 bridgehead atoms. The molecule has 1 aromatic heterocycles. The molecule has 0 aliphatic heterocycles. The van der Waals surface area contributed by atoms with E-state index in [1.165, 1.54) is 0 Å². The van der Waals surface area contributed by atoms with Crippen LogP contribution in [0.2, 0.25) is 0 Å². The third-order valence-corrected chi connectivity index (χ3v) is 2.64. The van der Waals surface area contributed by atoms with Crippen LogP contribution in [0.5, 0.6) is 5.75 Å². The summed E-state index contributed by atoms with van der Waals surface area (Å²) in [5, 5.41) is 10.1. The molecule has 1 heterocycles. The Hall–Kier alpha value is -1.09. The Kier molecular flexibility index (Phi) is 4.56. The molecule has 84 valence electrons. The molecule has 0 radical (unpaired) electrons. The van der Waals surface area contributed by atoms with Gasteiger partial charge in [-0.1, -0.05) is 20.3 Å². The van der Waals surface area contributed by atoms with E-state index in [0.717, 1.165) is 18.4 Å². The molecule has 2 unspecified atom stereocenters. The normalized spacial score (nSPS) is 14.7. The zero-order chi connectivity index (χ0) is 11.3. The maximum absolute atomic E-state index is 10.1. The lowest BCUT2D eigenvalue weighted by Crippen LogP contribution is -2.10. The quantitative estimate of drug-likeness (QED) is 0.810. The van der Waals surface area contributed by atoms with Gasteiger partial charge in [-0.05, 0) is 18.4 Å². The number of aromatic nitrogens is 1. The molecule has 0 aromatic carbocycles. The number of rotatable bonds is 5. The molecular formula is C12H19NO2. The molecule has 2 atom stereocenters. The molecular weight excluding hydrogens is 190 g/mol. The van der Waals surface area contributed by atoms with Gasteiger partial charge in [-0.15, -0.1) is 0 Å². The van der Waals surface area contributed by atoms with E-state index in [4.69, 9.17) is 4.74 Å². The summed E-state index contributed by atoms with van der Waals surface area (Å²) in [6, 6.07) is 1.82. The largest absolute Gasteiger partial charge is 0.495 e. The molecule has 0 amide bonds. The molecule has 1 N–H and O–H groups in total. The monoisotopic (exact) mass is 209 g/mol. The van der Waals surface area contributed by atoms with Crippen LogP contribution in [0.3, 0.4) is 0 Å². The number of aliphatic hydroxyl groups is 1. The summed E-state index contributed by atoms with van der Waals surface area (Å²) < 4.78 is 5.17. The summed E-state index contributed by atoms with van der Waals surface area (Å²) in [5.41, 5.74) is 0.827. The molecule has 0 spiro atoms. The fourth-order valence-electron chi connectivity index (χ4n) is 1.73. The number of methoxy groups -OCH3 is 1. The number of hydrogen-bond donors (Lipinski definition) is 1. The number of nitrogens with zero attached hydrogens (tertiary/aromatic N) is 1. The van der Waals surface area contributed by atoms with Crippen molar-refractivity contribution in [2.45, 2.75) is 32.8 Å². The fraction of sp³-hybridized carbons (Fsp3) is 0.583. The first-order valence-electron chi connectivity index (χ1n) is 5.36. The second kappa shape index (κ2) is 5.71. The minimum Gasteiger partial charge on any atom is -0.495 e. The van der Waals surface area contributed by atoms with Gasteiger partial charge in [0.1, 0.15) is 5.75 Å². The van der Waals surface area contributed by atoms with Crippen molar-refractivity contribution in [3.8, 4) is 5.75 Å². The highest BCUT2D eigenvalue weighted by atomic mass is 16.5. The van der Waals surface area contributed by atoms with E-state index in [1.807, 2.05) is 13.0 Å². The van der Waals surface area contributed by atoms with Gasteiger partial charge in [-0.3, -0.25) is 4.98 Å². The SMILES string of the molecule is CCCC(C)C(O)c1ccncc1OC.